The first-order chi connectivity index (χ1) is 11.4. The quantitative estimate of drug-likeness (QED) is 0.825. The summed E-state index contributed by atoms with van der Waals surface area (Å²) in [7, 11) is -1.63. The summed E-state index contributed by atoms with van der Waals surface area (Å²) in [6.07, 6.45) is 0. The summed E-state index contributed by atoms with van der Waals surface area (Å²) in [5.41, 5.74) is 2.22. The second kappa shape index (κ2) is 7.09. The molecule has 6 nitrogen and oxygen atoms in total. The van der Waals surface area contributed by atoms with Gasteiger partial charge in [-0.15, -0.1) is 0 Å². The zero-order chi connectivity index (χ0) is 17.3. The molecule has 0 aromatic heterocycles. The van der Waals surface area contributed by atoms with Gasteiger partial charge < -0.3 is 4.74 Å². The summed E-state index contributed by atoms with van der Waals surface area (Å²) < 4.78 is 32.9. The van der Waals surface area contributed by atoms with Crippen LogP contribution in [0.5, 0.6) is 0 Å². The number of sulfonamides is 1. The van der Waals surface area contributed by atoms with E-state index in [1.165, 1.54) is 5.56 Å². The van der Waals surface area contributed by atoms with Crippen molar-refractivity contribution >= 4 is 10.0 Å². The Morgan fingerprint density at radius 1 is 1.12 bits per heavy atom. The summed E-state index contributed by atoms with van der Waals surface area (Å²) in [5.74, 6) is 0.449. The topological polar surface area (TPSA) is 59.1 Å². The van der Waals surface area contributed by atoms with Crippen molar-refractivity contribution in [2.75, 3.05) is 40.0 Å². The van der Waals surface area contributed by atoms with Gasteiger partial charge in [0.15, 0.2) is 0 Å². The molecule has 0 N–H and O–H groups in total. The largest absolute Gasteiger partial charge is 0.379 e. The molecule has 0 radical (unpaired) electrons. The van der Waals surface area contributed by atoms with Gasteiger partial charge in [0.1, 0.15) is 5.25 Å². The fourth-order valence-electron chi connectivity index (χ4n) is 3.34. The Morgan fingerprint density at radius 3 is 2.33 bits per heavy atom. The number of hydrogen-bond acceptors (Lipinski definition) is 5. The van der Waals surface area contributed by atoms with Gasteiger partial charge in [-0.3, -0.25) is 4.84 Å². The van der Waals surface area contributed by atoms with Crippen LogP contribution in [0.4, 0.5) is 0 Å². The van der Waals surface area contributed by atoms with Crippen molar-refractivity contribution in [2.24, 2.45) is 0 Å². The number of hydrogen-bond donors (Lipinski definition) is 0. The van der Waals surface area contributed by atoms with E-state index in [1.54, 1.807) is 16.4 Å². The highest BCUT2D eigenvalue weighted by molar-refractivity contribution is 7.89. The van der Waals surface area contributed by atoms with Gasteiger partial charge in [0.25, 0.3) is 0 Å². The lowest BCUT2D eigenvalue weighted by Crippen LogP contribution is -2.47. The van der Waals surface area contributed by atoms with Crippen LogP contribution in [-0.4, -0.2) is 63.0 Å². The van der Waals surface area contributed by atoms with E-state index < -0.39 is 15.3 Å². The van der Waals surface area contributed by atoms with Crippen molar-refractivity contribution in [1.29, 1.82) is 0 Å². The van der Waals surface area contributed by atoms with Crippen molar-refractivity contribution in [3.8, 4) is 0 Å². The van der Waals surface area contributed by atoms with Gasteiger partial charge in [-0.25, -0.2) is 8.42 Å². The molecule has 2 aliphatic rings. The van der Waals surface area contributed by atoms with Crippen LogP contribution in [0.25, 0.3) is 0 Å². The molecule has 3 rings (SSSR count). The molecule has 2 atom stereocenters. The number of hydroxylamine groups is 2. The number of rotatable bonds is 4. The monoisotopic (exact) mass is 354 g/mol. The standard InChI is InChI=1S/C17H26N2O4S/c1-13(2)14-4-6-15(7-5-14)17-16(12-23-18(17)3)24(20,21)19-8-10-22-11-9-19/h4-7,13,16-17H,8-12H2,1-3H3. The van der Waals surface area contributed by atoms with Crippen LogP contribution in [0.3, 0.4) is 0 Å². The Balaban J connectivity index is 1.87. The van der Waals surface area contributed by atoms with Gasteiger partial charge in [0, 0.05) is 20.1 Å². The molecule has 2 fully saturated rings. The zero-order valence-corrected chi connectivity index (χ0v) is 15.3. The Morgan fingerprint density at radius 2 is 1.75 bits per heavy atom. The van der Waals surface area contributed by atoms with Gasteiger partial charge >= 0.3 is 0 Å². The summed E-state index contributed by atoms with van der Waals surface area (Å²) in [6.45, 7) is 6.22. The Bertz CT molecular complexity index is 654. The molecule has 2 aliphatic heterocycles. The lowest BCUT2D eigenvalue weighted by molar-refractivity contribution is -0.110. The van der Waals surface area contributed by atoms with Gasteiger partial charge in [-0.05, 0) is 17.0 Å². The minimum Gasteiger partial charge on any atom is -0.379 e. The number of nitrogens with zero attached hydrogens (tertiary/aromatic N) is 2. The van der Waals surface area contributed by atoms with E-state index in [-0.39, 0.29) is 12.6 Å². The maximum atomic E-state index is 13.1. The normalized spacial score (nSPS) is 27.0. The smallest absolute Gasteiger partial charge is 0.221 e. The first-order valence-corrected chi connectivity index (χ1v) is 9.94. The van der Waals surface area contributed by atoms with Gasteiger partial charge in [0.2, 0.25) is 10.0 Å². The summed E-state index contributed by atoms with van der Waals surface area (Å²) in [6, 6.07) is 7.90. The van der Waals surface area contributed by atoms with Gasteiger partial charge in [-0.1, -0.05) is 38.1 Å². The van der Waals surface area contributed by atoms with E-state index in [1.807, 2.05) is 12.1 Å². The molecule has 2 heterocycles. The SMILES string of the molecule is CC(C)c1ccc(C2C(S(=O)(=O)N3CCOCC3)CON2C)cc1. The zero-order valence-electron chi connectivity index (χ0n) is 14.5. The second-order valence-corrected chi connectivity index (χ2v) is 8.85. The van der Waals surface area contributed by atoms with Crippen molar-refractivity contribution in [1.82, 2.24) is 9.37 Å². The van der Waals surface area contributed by atoms with Crippen molar-refractivity contribution < 1.29 is 18.0 Å². The molecule has 1 aromatic rings. The number of benzene rings is 1. The highest BCUT2D eigenvalue weighted by Crippen LogP contribution is 2.35. The van der Waals surface area contributed by atoms with Crippen molar-refractivity contribution in [3.63, 3.8) is 0 Å². The predicted molar refractivity (Wildman–Crippen MR) is 92.1 cm³/mol. The molecular weight excluding hydrogens is 328 g/mol. The van der Waals surface area contributed by atoms with Crippen LogP contribution in [-0.2, 0) is 19.6 Å². The molecule has 2 unspecified atom stereocenters. The molecule has 7 heteroatoms. The minimum absolute atomic E-state index is 0.187. The third-order valence-corrected chi connectivity index (χ3v) is 7.09. The first kappa shape index (κ1) is 17.8. The third kappa shape index (κ3) is 3.36. The average Bonchev–Trinajstić information content (AvgIpc) is 2.98. The van der Waals surface area contributed by atoms with Crippen LogP contribution in [0.15, 0.2) is 24.3 Å². The second-order valence-electron chi connectivity index (χ2n) is 6.70. The first-order valence-electron chi connectivity index (χ1n) is 8.43. The fourth-order valence-corrected chi connectivity index (χ4v) is 5.27. The molecule has 0 aliphatic carbocycles. The highest BCUT2D eigenvalue weighted by Gasteiger charge is 2.45. The van der Waals surface area contributed by atoms with Crippen LogP contribution in [0.2, 0.25) is 0 Å². The molecule has 0 saturated carbocycles. The molecule has 134 valence electrons. The van der Waals surface area contributed by atoms with E-state index in [4.69, 9.17) is 9.57 Å². The highest BCUT2D eigenvalue weighted by atomic mass is 32.2. The Labute approximate surface area is 144 Å². The van der Waals surface area contributed by atoms with Crippen molar-refractivity contribution in [3.05, 3.63) is 35.4 Å². The molecule has 0 spiro atoms. The van der Waals surface area contributed by atoms with E-state index in [2.05, 4.69) is 26.0 Å². The maximum Gasteiger partial charge on any atom is 0.221 e. The molecule has 0 bridgehead atoms. The average molecular weight is 354 g/mol. The molecular formula is C17H26N2O4S. The maximum absolute atomic E-state index is 13.1. The van der Waals surface area contributed by atoms with Gasteiger partial charge in [0.05, 0.1) is 25.9 Å². The van der Waals surface area contributed by atoms with Crippen LogP contribution in [0, 0.1) is 0 Å². The molecule has 2 saturated heterocycles. The fraction of sp³-hybridized carbons (Fsp3) is 0.647. The van der Waals surface area contributed by atoms with Crippen LogP contribution < -0.4 is 0 Å². The number of ether oxygens (including phenoxy) is 1. The Kier molecular flexibility index (Phi) is 5.27. The van der Waals surface area contributed by atoms with Crippen LogP contribution in [0.1, 0.15) is 36.9 Å². The molecule has 24 heavy (non-hydrogen) atoms. The predicted octanol–water partition coefficient (Wildman–Crippen LogP) is 1.76. The summed E-state index contributed by atoms with van der Waals surface area (Å²) in [5, 5.41) is 1.08. The summed E-state index contributed by atoms with van der Waals surface area (Å²) in [4.78, 5) is 5.58. The molecule has 0 amide bonds. The molecule has 1 aromatic carbocycles. The van der Waals surface area contributed by atoms with Gasteiger partial charge in [-0.2, -0.15) is 9.37 Å². The van der Waals surface area contributed by atoms with E-state index in [9.17, 15) is 8.42 Å². The summed E-state index contributed by atoms with van der Waals surface area (Å²) >= 11 is 0. The van der Waals surface area contributed by atoms with E-state index >= 15 is 0 Å². The number of morpholine rings is 1. The van der Waals surface area contributed by atoms with Crippen LogP contribution >= 0.6 is 0 Å². The van der Waals surface area contributed by atoms with Crippen molar-refractivity contribution in [2.45, 2.75) is 31.1 Å². The lowest BCUT2D eigenvalue weighted by Gasteiger charge is -2.31. The van der Waals surface area contributed by atoms with E-state index in [0.29, 0.717) is 32.2 Å². The third-order valence-electron chi connectivity index (χ3n) is 4.84. The van der Waals surface area contributed by atoms with E-state index in [0.717, 1.165) is 5.56 Å². The lowest BCUT2D eigenvalue weighted by atomic mass is 9.98. The Hall–Kier alpha value is -0.990. The minimum atomic E-state index is -3.43.